The van der Waals surface area contributed by atoms with Crippen molar-refractivity contribution >= 4 is 5.91 Å². The summed E-state index contributed by atoms with van der Waals surface area (Å²) in [6.45, 7) is 3.01. The third-order valence-corrected chi connectivity index (χ3v) is 2.60. The molecule has 0 spiro atoms. The Kier molecular flexibility index (Phi) is 2.49. The summed E-state index contributed by atoms with van der Waals surface area (Å²) in [6, 6.07) is 0.382. The molecule has 1 aliphatic rings. The molecular weight excluding hydrogens is 140 g/mol. The summed E-state index contributed by atoms with van der Waals surface area (Å²) in [5.74, 6) is -0.175. The van der Waals surface area contributed by atoms with Crippen molar-refractivity contribution in [1.82, 2.24) is 4.90 Å². The van der Waals surface area contributed by atoms with E-state index in [1.807, 2.05) is 6.92 Å². The van der Waals surface area contributed by atoms with Crippen LogP contribution in [0.5, 0.6) is 0 Å². The van der Waals surface area contributed by atoms with Gasteiger partial charge in [0.05, 0.1) is 5.92 Å². The number of hydrogen-bond acceptors (Lipinski definition) is 2. The van der Waals surface area contributed by atoms with Crippen LogP contribution >= 0.6 is 0 Å². The Morgan fingerprint density at radius 3 is 2.73 bits per heavy atom. The van der Waals surface area contributed by atoms with Crippen molar-refractivity contribution in [2.24, 2.45) is 11.7 Å². The van der Waals surface area contributed by atoms with Crippen LogP contribution in [0.2, 0.25) is 0 Å². The highest BCUT2D eigenvalue weighted by Crippen LogP contribution is 2.21. The van der Waals surface area contributed by atoms with Crippen molar-refractivity contribution in [2.45, 2.75) is 25.8 Å². The van der Waals surface area contributed by atoms with Crippen molar-refractivity contribution < 1.29 is 4.79 Å². The lowest BCUT2D eigenvalue weighted by molar-refractivity contribution is -0.122. The molecule has 1 fully saturated rings. The van der Waals surface area contributed by atoms with E-state index >= 15 is 0 Å². The molecule has 64 valence electrons. The Morgan fingerprint density at radius 2 is 2.36 bits per heavy atom. The molecule has 0 radical (unpaired) electrons. The molecule has 0 aromatic carbocycles. The standard InChI is InChI=1S/C8H16N2O/c1-6(8(9)11)7-4-3-5-10(7)2/h6-7H,3-5H2,1-2H3,(H2,9,11). The molecule has 1 amide bonds. The molecule has 1 aliphatic heterocycles. The van der Waals surface area contributed by atoms with Crippen LogP contribution in [0.1, 0.15) is 19.8 Å². The van der Waals surface area contributed by atoms with E-state index in [-0.39, 0.29) is 11.8 Å². The lowest BCUT2D eigenvalue weighted by Crippen LogP contribution is -2.38. The van der Waals surface area contributed by atoms with Crippen molar-refractivity contribution in [2.75, 3.05) is 13.6 Å². The van der Waals surface area contributed by atoms with Gasteiger partial charge in [0.2, 0.25) is 5.91 Å². The van der Waals surface area contributed by atoms with E-state index in [2.05, 4.69) is 11.9 Å². The Labute approximate surface area is 67.5 Å². The van der Waals surface area contributed by atoms with Gasteiger partial charge in [-0.05, 0) is 26.4 Å². The van der Waals surface area contributed by atoms with Gasteiger partial charge >= 0.3 is 0 Å². The molecule has 1 rings (SSSR count). The van der Waals surface area contributed by atoms with Gasteiger partial charge in [0.1, 0.15) is 0 Å². The quantitative estimate of drug-likeness (QED) is 0.621. The number of hydrogen-bond donors (Lipinski definition) is 1. The minimum absolute atomic E-state index is 0.00231. The van der Waals surface area contributed by atoms with Crippen LogP contribution in [0.15, 0.2) is 0 Å². The molecule has 2 N–H and O–H groups in total. The second kappa shape index (κ2) is 3.22. The number of rotatable bonds is 2. The molecule has 0 aromatic heterocycles. The monoisotopic (exact) mass is 156 g/mol. The fourth-order valence-electron chi connectivity index (χ4n) is 1.76. The lowest BCUT2D eigenvalue weighted by atomic mass is 9.99. The van der Waals surface area contributed by atoms with E-state index in [4.69, 9.17) is 5.73 Å². The molecule has 0 bridgehead atoms. The molecular formula is C8H16N2O. The minimum atomic E-state index is -0.177. The van der Waals surface area contributed by atoms with Gasteiger partial charge in [0.15, 0.2) is 0 Å². The minimum Gasteiger partial charge on any atom is -0.369 e. The Balaban J connectivity index is 2.52. The van der Waals surface area contributed by atoms with Gasteiger partial charge in [-0.15, -0.1) is 0 Å². The summed E-state index contributed by atoms with van der Waals surface area (Å²) in [5.41, 5.74) is 5.21. The van der Waals surface area contributed by atoms with Crippen LogP contribution in [0.25, 0.3) is 0 Å². The van der Waals surface area contributed by atoms with Gasteiger partial charge in [-0.25, -0.2) is 0 Å². The van der Waals surface area contributed by atoms with Crippen molar-refractivity contribution in [3.8, 4) is 0 Å². The number of carbonyl (C=O) groups is 1. The molecule has 11 heavy (non-hydrogen) atoms. The summed E-state index contributed by atoms with van der Waals surface area (Å²) in [7, 11) is 2.05. The highest BCUT2D eigenvalue weighted by molar-refractivity contribution is 5.77. The van der Waals surface area contributed by atoms with E-state index in [0.717, 1.165) is 13.0 Å². The summed E-state index contributed by atoms with van der Waals surface area (Å²) in [5, 5.41) is 0. The van der Waals surface area contributed by atoms with Crippen molar-refractivity contribution in [1.29, 1.82) is 0 Å². The maximum absolute atomic E-state index is 10.8. The molecule has 0 saturated carbocycles. The molecule has 3 nitrogen and oxygen atoms in total. The first kappa shape index (κ1) is 8.53. The predicted molar refractivity (Wildman–Crippen MR) is 44.0 cm³/mol. The summed E-state index contributed by atoms with van der Waals surface area (Å²) in [6.07, 6.45) is 2.30. The highest BCUT2D eigenvalue weighted by atomic mass is 16.1. The summed E-state index contributed by atoms with van der Waals surface area (Å²) < 4.78 is 0. The lowest BCUT2D eigenvalue weighted by Gasteiger charge is -2.23. The maximum Gasteiger partial charge on any atom is 0.221 e. The maximum atomic E-state index is 10.8. The smallest absolute Gasteiger partial charge is 0.221 e. The zero-order valence-corrected chi connectivity index (χ0v) is 7.21. The summed E-state index contributed by atoms with van der Waals surface area (Å²) >= 11 is 0. The number of nitrogens with two attached hydrogens (primary N) is 1. The number of carbonyl (C=O) groups excluding carboxylic acids is 1. The molecule has 2 unspecified atom stereocenters. The first-order valence-corrected chi connectivity index (χ1v) is 4.12. The molecule has 3 heteroatoms. The average molecular weight is 156 g/mol. The fourth-order valence-corrected chi connectivity index (χ4v) is 1.76. The van der Waals surface area contributed by atoms with Crippen LogP contribution in [0.4, 0.5) is 0 Å². The van der Waals surface area contributed by atoms with Crippen molar-refractivity contribution in [3.63, 3.8) is 0 Å². The second-order valence-corrected chi connectivity index (χ2v) is 3.38. The van der Waals surface area contributed by atoms with Gasteiger partial charge in [0, 0.05) is 6.04 Å². The fraction of sp³-hybridized carbons (Fsp3) is 0.875. The first-order valence-electron chi connectivity index (χ1n) is 4.12. The van der Waals surface area contributed by atoms with Crippen molar-refractivity contribution in [3.05, 3.63) is 0 Å². The third-order valence-electron chi connectivity index (χ3n) is 2.60. The predicted octanol–water partition coefficient (Wildman–Crippen LogP) is 0.202. The van der Waals surface area contributed by atoms with Crippen LogP contribution in [0, 0.1) is 5.92 Å². The number of primary amides is 1. The van der Waals surface area contributed by atoms with Crippen LogP contribution in [0.3, 0.4) is 0 Å². The largest absolute Gasteiger partial charge is 0.369 e. The number of amides is 1. The van der Waals surface area contributed by atoms with E-state index < -0.39 is 0 Å². The second-order valence-electron chi connectivity index (χ2n) is 3.38. The van der Waals surface area contributed by atoms with E-state index in [0.29, 0.717) is 6.04 Å². The normalized spacial score (nSPS) is 28.7. The summed E-state index contributed by atoms with van der Waals surface area (Å²) in [4.78, 5) is 13.0. The van der Waals surface area contributed by atoms with E-state index in [1.54, 1.807) is 0 Å². The highest BCUT2D eigenvalue weighted by Gasteiger charge is 2.29. The Morgan fingerprint density at radius 1 is 1.73 bits per heavy atom. The van der Waals surface area contributed by atoms with E-state index in [9.17, 15) is 4.79 Å². The van der Waals surface area contributed by atoms with E-state index in [1.165, 1.54) is 6.42 Å². The Bertz CT molecular complexity index is 158. The zero-order valence-electron chi connectivity index (χ0n) is 7.21. The molecule has 0 aromatic rings. The van der Waals surface area contributed by atoms with Gasteiger partial charge in [-0.2, -0.15) is 0 Å². The zero-order chi connectivity index (χ0) is 8.43. The Hall–Kier alpha value is -0.570. The van der Waals surface area contributed by atoms with Gasteiger partial charge < -0.3 is 10.6 Å². The number of likely N-dealkylation sites (tertiary alicyclic amines) is 1. The molecule has 2 atom stereocenters. The first-order chi connectivity index (χ1) is 5.13. The van der Waals surface area contributed by atoms with Gasteiger partial charge in [0.25, 0.3) is 0 Å². The topological polar surface area (TPSA) is 46.3 Å². The molecule has 0 aliphatic carbocycles. The third kappa shape index (κ3) is 1.71. The SMILES string of the molecule is CC(C(N)=O)C1CCCN1C. The van der Waals surface area contributed by atoms with Crippen LogP contribution in [-0.2, 0) is 4.79 Å². The van der Waals surface area contributed by atoms with Crippen LogP contribution < -0.4 is 5.73 Å². The average Bonchev–Trinajstić information content (AvgIpc) is 2.33. The van der Waals surface area contributed by atoms with Crippen LogP contribution in [-0.4, -0.2) is 30.4 Å². The number of nitrogens with zero attached hydrogens (tertiary/aromatic N) is 1. The molecule has 1 heterocycles. The van der Waals surface area contributed by atoms with Gasteiger partial charge in [-0.3, -0.25) is 4.79 Å². The van der Waals surface area contributed by atoms with Gasteiger partial charge in [-0.1, -0.05) is 6.92 Å². The molecule has 1 saturated heterocycles.